The lowest BCUT2D eigenvalue weighted by Gasteiger charge is -2.25. The second-order valence-corrected chi connectivity index (χ2v) is 9.54. The topological polar surface area (TPSA) is 169 Å². The summed E-state index contributed by atoms with van der Waals surface area (Å²) in [7, 11) is 0. The normalized spacial score (nSPS) is 14.0. The molecule has 212 valence electrons. The molecule has 11 nitrogen and oxygen atoms in total. The maximum Gasteiger partial charge on any atom is 0.352 e. The first-order valence-corrected chi connectivity index (χ1v) is 12.9. The van der Waals surface area contributed by atoms with Crippen molar-refractivity contribution >= 4 is 17.3 Å². The molecule has 1 aliphatic heterocycles. The molecule has 0 bridgehead atoms. The molecule has 0 amide bonds. The van der Waals surface area contributed by atoms with Crippen molar-refractivity contribution in [3.8, 4) is 17.2 Å². The van der Waals surface area contributed by atoms with Crippen LogP contribution in [0.4, 0.5) is 16.0 Å². The van der Waals surface area contributed by atoms with E-state index in [2.05, 4.69) is 20.3 Å². The Labute approximate surface area is 235 Å². The van der Waals surface area contributed by atoms with Crippen LogP contribution in [0.1, 0.15) is 35.2 Å². The number of nitrogen functional groups attached to an aromatic ring is 1. The summed E-state index contributed by atoms with van der Waals surface area (Å²) in [6.45, 7) is 3.05. The number of aromatic nitrogens is 3. The minimum absolute atomic E-state index is 0.0246. The van der Waals surface area contributed by atoms with Crippen molar-refractivity contribution in [1.82, 2.24) is 15.0 Å². The second kappa shape index (κ2) is 11.8. The molecule has 0 aliphatic carbocycles. The predicted octanol–water partition coefficient (Wildman–Crippen LogP) is 3.87. The van der Waals surface area contributed by atoms with Gasteiger partial charge in [-0.1, -0.05) is 0 Å². The Morgan fingerprint density at radius 1 is 1.02 bits per heavy atom. The molecule has 1 aliphatic rings. The van der Waals surface area contributed by atoms with Gasteiger partial charge in [-0.15, -0.1) is 0 Å². The van der Waals surface area contributed by atoms with E-state index in [1.807, 2.05) is 0 Å². The fraction of sp³-hybridized carbons (Fsp3) is 0.241. The van der Waals surface area contributed by atoms with E-state index in [0.29, 0.717) is 41.6 Å². The van der Waals surface area contributed by atoms with Crippen LogP contribution in [0.15, 0.2) is 67.1 Å². The smallest absolute Gasteiger partial charge is 0.352 e. The number of hydrogen-bond acceptors (Lipinski definition) is 11. The molecular formula is C29H29FN6O5. The Morgan fingerprint density at radius 2 is 1.76 bits per heavy atom. The van der Waals surface area contributed by atoms with Crippen molar-refractivity contribution < 1.29 is 28.8 Å². The molecule has 6 N–H and O–H groups in total. The summed E-state index contributed by atoms with van der Waals surface area (Å²) in [5.41, 5.74) is 7.85. The lowest BCUT2D eigenvalue weighted by Crippen LogP contribution is -2.32. The second-order valence-electron chi connectivity index (χ2n) is 9.54. The summed E-state index contributed by atoms with van der Waals surface area (Å²) >= 11 is 0. The van der Waals surface area contributed by atoms with Gasteiger partial charge in [0.2, 0.25) is 0 Å². The van der Waals surface area contributed by atoms with E-state index < -0.39 is 11.8 Å². The Kier molecular flexibility index (Phi) is 8.06. The minimum atomic E-state index is -2.74. The summed E-state index contributed by atoms with van der Waals surface area (Å²) in [4.78, 5) is 12.4. The quantitative estimate of drug-likeness (QED) is 0.150. The molecule has 5 rings (SSSR count). The number of hydrogen-bond donors (Lipinski definition) is 5. The summed E-state index contributed by atoms with van der Waals surface area (Å²) in [6.07, 6.45) is 4.24. The first kappa shape index (κ1) is 27.9. The van der Waals surface area contributed by atoms with Gasteiger partial charge < -0.3 is 35.5 Å². The first-order chi connectivity index (χ1) is 19.7. The van der Waals surface area contributed by atoms with Gasteiger partial charge in [-0.3, -0.25) is 10.4 Å². The highest BCUT2D eigenvalue weighted by atomic mass is 19.1. The third-order valence-electron chi connectivity index (χ3n) is 6.46. The van der Waals surface area contributed by atoms with Gasteiger partial charge in [-0.25, -0.2) is 14.4 Å². The van der Waals surface area contributed by atoms with Crippen LogP contribution in [0.3, 0.4) is 0 Å². The molecule has 41 heavy (non-hydrogen) atoms. The van der Waals surface area contributed by atoms with Crippen LogP contribution in [0.25, 0.3) is 0 Å². The fourth-order valence-corrected chi connectivity index (χ4v) is 4.30. The zero-order chi connectivity index (χ0) is 29.0. The van der Waals surface area contributed by atoms with Crippen molar-refractivity contribution in [2.24, 2.45) is 0 Å². The molecular weight excluding hydrogens is 531 g/mol. The molecule has 2 aromatic heterocycles. The third kappa shape index (κ3) is 6.74. The van der Waals surface area contributed by atoms with Gasteiger partial charge >= 0.3 is 5.97 Å². The molecule has 1 fully saturated rings. The van der Waals surface area contributed by atoms with Crippen molar-refractivity contribution in [1.29, 1.82) is 5.41 Å². The van der Waals surface area contributed by atoms with Crippen molar-refractivity contribution in [3.05, 3.63) is 95.3 Å². The number of rotatable bonds is 9. The summed E-state index contributed by atoms with van der Waals surface area (Å²) in [5.74, 6) is -2.56. The third-order valence-corrected chi connectivity index (χ3v) is 6.46. The molecule has 0 saturated carbocycles. The number of nitrogens with zero attached hydrogens (tertiary/aromatic N) is 3. The largest absolute Gasteiger partial charge is 0.457 e. The maximum atomic E-state index is 14.4. The number of aryl methyl sites for hydroxylation is 1. The van der Waals surface area contributed by atoms with E-state index in [1.54, 1.807) is 37.3 Å². The van der Waals surface area contributed by atoms with Crippen LogP contribution < -0.4 is 20.5 Å². The summed E-state index contributed by atoms with van der Waals surface area (Å²) < 4.78 is 30.8. The monoisotopic (exact) mass is 560 g/mol. The zero-order valence-corrected chi connectivity index (χ0v) is 22.2. The number of halogens is 1. The average molecular weight is 561 g/mol. The number of benzene rings is 2. The SMILES string of the molecule is Cc1ccc(C(O)(O)Oc2cc(F)cc(Oc3ccc(C(=N)c4c(N)ncnc4NC4CCOCC4)cc3)c2)cn1. The van der Waals surface area contributed by atoms with Crippen LogP contribution in [-0.2, 0) is 10.7 Å². The molecule has 12 heteroatoms. The lowest BCUT2D eigenvalue weighted by atomic mass is 10.0. The van der Waals surface area contributed by atoms with E-state index in [-0.39, 0.29) is 34.6 Å². The van der Waals surface area contributed by atoms with E-state index in [1.165, 1.54) is 24.7 Å². The van der Waals surface area contributed by atoms with Gasteiger partial charge in [0.1, 0.15) is 41.0 Å². The molecule has 0 unspecified atom stereocenters. The minimum Gasteiger partial charge on any atom is -0.457 e. The highest BCUT2D eigenvalue weighted by molar-refractivity contribution is 6.16. The molecule has 0 spiro atoms. The number of aliphatic hydroxyl groups is 2. The van der Waals surface area contributed by atoms with Crippen molar-refractivity contribution in [2.45, 2.75) is 31.8 Å². The highest BCUT2D eigenvalue weighted by Crippen LogP contribution is 2.31. The molecule has 0 radical (unpaired) electrons. The van der Waals surface area contributed by atoms with E-state index >= 15 is 0 Å². The van der Waals surface area contributed by atoms with Crippen LogP contribution in [0.5, 0.6) is 17.2 Å². The summed E-state index contributed by atoms with van der Waals surface area (Å²) in [6, 6.07) is 13.2. The molecule has 2 aromatic carbocycles. The number of nitrogens with two attached hydrogens (primary N) is 1. The van der Waals surface area contributed by atoms with Gasteiger partial charge in [0.15, 0.2) is 0 Å². The predicted molar refractivity (Wildman–Crippen MR) is 148 cm³/mol. The van der Waals surface area contributed by atoms with E-state index in [9.17, 15) is 14.6 Å². The number of anilines is 2. The summed E-state index contributed by atoms with van der Waals surface area (Å²) in [5, 5.41) is 32.9. The Balaban J connectivity index is 1.31. The Hall–Kier alpha value is -4.65. The van der Waals surface area contributed by atoms with Crippen LogP contribution in [0, 0.1) is 18.2 Å². The van der Waals surface area contributed by atoms with Crippen LogP contribution in [-0.4, -0.2) is 50.1 Å². The van der Waals surface area contributed by atoms with Gasteiger partial charge in [0.05, 0.1) is 16.8 Å². The molecule has 0 atom stereocenters. The number of pyridine rings is 1. The Bertz CT molecular complexity index is 1530. The Morgan fingerprint density at radius 3 is 2.46 bits per heavy atom. The molecule has 4 aromatic rings. The van der Waals surface area contributed by atoms with E-state index in [4.69, 9.17) is 25.4 Å². The zero-order valence-electron chi connectivity index (χ0n) is 22.2. The van der Waals surface area contributed by atoms with Gasteiger partial charge in [0, 0.05) is 54.9 Å². The standard InChI is InChI=1S/C29H29FN6O5/c1-17-2-5-19(15-33-17)29(37,38)41-24-13-20(30)12-23(14-24)40-22-6-3-18(4-7-22)26(31)25-27(32)34-16-35-28(25)36-21-8-10-39-11-9-21/h2-7,12-16,21,31,37-38H,8-11H2,1H3,(H3,32,34,35,36). The fourth-order valence-electron chi connectivity index (χ4n) is 4.30. The van der Waals surface area contributed by atoms with Crippen LogP contribution >= 0.6 is 0 Å². The van der Waals surface area contributed by atoms with Crippen molar-refractivity contribution in [2.75, 3.05) is 24.3 Å². The lowest BCUT2D eigenvalue weighted by molar-refractivity contribution is -0.304. The van der Waals surface area contributed by atoms with Crippen LogP contribution in [0.2, 0.25) is 0 Å². The number of nitrogens with one attached hydrogen (secondary N) is 2. The highest BCUT2D eigenvalue weighted by Gasteiger charge is 2.30. The number of ether oxygens (including phenoxy) is 3. The first-order valence-electron chi connectivity index (χ1n) is 12.9. The molecule has 3 heterocycles. The van der Waals surface area contributed by atoms with Gasteiger partial charge in [0.25, 0.3) is 0 Å². The maximum absolute atomic E-state index is 14.4. The van der Waals surface area contributed by atoms with E-state index in [0.717, 1.165) is 25.0 Å². The van der Waals surface area contributed by atoms with Crippen molar-refractivity contribution in [3.63, 3.8) is 0 Å². The average Bonchev–Trinajstić information content (AvgIpc) is 2.93. The van der Waals surface area contributed by atoms with Gasteiger partial charge in [-0.2, -0.15) is 0 Å². The van der Waals surface area contributed by atoms with Gasteiger partial charge in [-0.05, 0) is 56.2 Å². The molecule has 1 saturated heterocycles.